The van der Waals surface area contributed by atoms with Gasteiger partial charge in [-0.25, -0.2) is 0 Å². The highest BCUT2D eigenvalue weighted by Gasteiger charge is 2.30. The standard InChI is InChI=1S/C16H14O4/c1-3-5-9-10(6-4-2)16(20)14-12(18)8-7-11(17)13(14)15(9)19/h3-4,7-8,19-20H,1-2,5-6H2. The van der Waals surface area contributed by atoms with Crippen molar-refractivity contribution >= 4 is 11.6 Å². The zero-order valence-corrected chi connectivity index (χ0v) is 10.8. The van der Waals surface area contributed by atoms with Gasteiger partial charge in [0, 0.05) is 11.1 Å². The number of hydrogen-bond acceptors (Lipinski definition) is 4. The molecule has 0 radical (unpaired) electrons. The van der Waals surface area contributed by atoms with Crippen molar-refractivity contribution in [2.45, 2.75) is 12.8 Å². The minimum Gasteiger partial charge on any atom is -0.507 e. The average Bonchev–Trinajstić information content (AvgIpc) is 2.42. The molecule has 20 heavy (non-hydrogen) atoms. The smallest absolute Gasteiger partial charge is 0.190 e. The van der Waals surface area contributed by atoms with Crippen LogP contribution in [0.4, 0.5) is 0 Å². The van der Waals surface area contributed by atoms with E-state index >= 15 is 0 Å². The van der Waals surface area contributed by atoms with Crippen LogP contribution in [0, 0.1) is 0 Å². The molecule has 0 aromatic heterocycles. The molecular weight excluding hydrogens is 256 g/mol. The van der Waals surface area contributed by atoms with Crippen LogP contribution in [0.1, 0.15) is 31.8 Å². The quantitative estimate of drug-likeness (QED) is 0.651. The first kappa shape index (κ1) is 13.8. The number of phenols is 2. The molecule has 0 saturated heterocycles. The Hall–Kier alpha value is -2.62. The molecule has 0 saturated carbocycles. The van der Waals surface area contributed by atoms with Crippen molar-refractivity contribution in [1.29, 1.82) is 0 Å². The van der Waals surface area contributed by atoms with E-state index in [0.29, 0.717) is 11.1 Å². The van der Waals surface area contributed by atoms with Crippen molar-refractivity contribution in [3.8, 4) is 11.5 Å². The molecule has 1 aromatic carbocycles. The first-order chi connectivity index (χ1) is 9.52. The van der Waals surface area contributed by atoms with E-state index < -0.39 is 11.6 Å². The SMILES string of the molecule is C=CCc1c(O)c2c(c(O)c1CC=C)C(=O)C=CC2=O. The number of carbonyl (C=O) groups is 2. The first-order valence-corrected chi connectivity index (χ1v) is 6.11. The number of phenolic OH excluding ortho intramolecular Hbond substituents is 2. The maximum Gasteiger partial charge on any atom is 0.190 e. The number of aromatic hydroxyl groups is 2. The van der Waals surface area contributed by atoms with Gasteiger partial charge in [0.05, 0.1) is 11.1 Å². The van der Waals surface area contributed by atoms with Gasteiger partial charge in [0.25, 0.3) is 0 Å². The van der Waals surface area contributed by atoms with Crippen molar-refractivity contribution in [3.63, 3.8) is 0 Å². The second-order valence-electron chi connectivity index (χ2n) is 4.45. The average molecular weight is 270 g/mol. The lowest BCUT2D eigenvalue weighted by Crippen LogP contribution is -2.15. The molecule has 0 atom stereocenters. The summed E-state index contributed by atoms with van der Waals surface area (Å²) in [4.78, 5) is 23.7. The summed E-state index contributed by atoms with van der Waals surface area (Å²) >= 11 is 0. The zero-order chi connectivity index (χ0) is 14.9. The predicted molar refractivity (Wildman–Crippen MR) is 75.4 cm³/mol. The van der Waals surface area contributed by atoms with Crippen LogP contribution >= 0.6 is 0 Å². The van der Waals surface area contributed by atoms with E-state index in [1.54, 1.807) is 12.2 Å². The van der Waals surface area contributed by atoms with Gasteiger partial charge < -0.3 is 10.2 Å². The molecule has 1 aliphatic carbocycles. The highest BCUT2D eigenvalue weighted by atomic mass is 16.3. The van der Waals surface area contributed by atoms with Gasteiger partial charge in [0.2, 0.25) is 0 Å². The van der Waals surface area contributed by atoms with E-state index in [4.69, 9.17) is 0 Å². The van der Waals surface area contributed by atoms with Crippen molar-refractivity contribution in [1.82, 2.24) is 0 Å². The van der Waals surface area contributed by atoms with Gasteiger partial charge in [0.15, 0.2) is 11.6 Å². The Morgan fingerprint density at radius 1 is 0.850 bits per heavy atom. The largest absolute Gasteiger partial charge is 0.507 e. The Morgan fingerprint density at radius 3 is 1.50 bits per heavy atom. The lowest BCUT2D eigenvalue weighted by molar-refractivity contribution is 0.0989. The minimum atomic E-state index is -0.497. The molecular formula is C16H14O4. The minimum absolute atomic E-state index is 0.139. The van der Waals surface area contributed by atoms with E-state index in [9.17, 15) is 19.8 Å². The third kappa shape index (κ3) is 1.95. The van der Waals surface area contributed by atoms with Crippen LogP contribution < -0.4 is 0 Å². The summed E-state index contributed by atoms with van der Waals surface area (Å²) in [7, 11) is 0. The maximum absolute atomic E-state index is 11.9. The highest BCUT2D eigenvalue weighted by Crippen LogP contribution is 2.40. The summed E-state index contributed by atoms with van der Waals surface area (Å²) in [5.74, 6) is -1.53. The fraction of sp³-hybridized carbons (Fsp3) is 0.125. The molecule has 0 fully saturated rings. The normalized spacial score (nSPS) is 13.2. The van der Waals surface area contributed by atoms with Crippen molar-refractivity contribution in [2.75, 3.05) is 0 Å². The molecule has 0 heterocycles. The maximum atomic E-state index is 11.9. The number of rotatable bonds is 4. The summed E-state index contributed by atoms with van der Waals surface area (Å²) in [6.45, 7) is 7.18. The molecule has 102 valence electrons. The third-order valence-electron chi connectivity index (χ3n) is 3.24. The number of hydrogen-bond donors (Lipinski definition) is 2. The second kappa shape index (κ2) is 5.17. The molecule has 0 bridgehead atoms. The number of allylic oxidation sites excluding steroid dienone is 4. The number of fused-ring (bicyclic) bond motifs is 1. The van der Waals surface area contributed by atoms with E-state index in [1.807, 2.05) is 0 Å². The van der Waals surface area contributed by atoms with E-state index in [2.05, 4.69) is 13.2 Å². The molecule has 1 aliphatic rings. The molecule has 0 unspecified atom stereocenters. The molecule has 0 amide bonds. The van der Waals surface area contributed by atoms with Crippen molar-refractivity contribution in [3.05, 3.63) is 59.7 Å². The third-order valence-corrected chi connectivity index (χ3v) is 3.24. The summed E-state index contributed by atoms with van der Waals surface area (Å²) in [6.07, 6.45) is 5.85. The van der Waals surface area contributed by atoms with Gasteiger partial charge in [-0.15, -0.1) is 13.2 Å². The van der Waals surface area contributed by atoms with Crippen LogP contribution in [0.5, 0.6) is 11.5 Å². The molecule has 2 N–H and O–H groups in total. The summed E-state index contributed by atoms with van der Waals surface area (Å²) < 4.78 is 0. The summed E-state index contributed by atoms with van der Waals surface area (Å²) in [5.41, 5.74) is 0.513. The first-order valence-electron chi connectivity index (χ1n) is 6.11. The van der Waals surface area contributed by atoms with E-state index in [1.165, 1.54) is 0 Å². The van der Waals surface area contributed by atoms with Crippen LogP contribution in [0.2, 0.25) is 0 Å². The highest BCUT2D eigenvalue weighted by molar-refractivity contribution is 6.24. The zero-order valence-electron chi connectivity index (χ0n) is 10.8. The van der Waals surface area contributed by atoms with Gasteiger partial charge in [-0.3, -0.25) is 9.59 Å². The summed E-state index contributed by atoms with van der Waals surface area (Å²) in [5, 5.41) is 20.6. The van der Waals surface area contributed by atoms with Gasteiger partial charge in [-0.2, -0.15) is 0 Å². The Morgan fingerprint density at radius 2 is 1.20 bits per heavy atom. The van der Waals surface area contributed by atoms with Gasteiger partial charge in [-0.05, 0) is 25.0 Å². The molecule has 4 nitrogen and oxygen atoms in total. The van der Waals surface area contributed by atoms with Gasteiger partial charge in [0.1, 0.15) is 11.5 Å². The van der Waals surface area contributed by atoms with E-state index in [-0.39, 0.29) is 35.5 Å². The topological polar surface area (TPSA) is 74.6 Å². The van der Waals surface area contributed by atoms with Crippen LogP contribution in [-0.4, -0.2) is 21.8 Å². The number of ketones is 2. The monoisotopic (exact) mass is 270 g/mol. The lowest BCUT2D eigenvalue weighted by Gasteiger charge is -2.19. The Balaban J connectivity index is 2.86. The predicted octanol–water partition coefficient (Wildman–Crippen LogP) is 2.49. The number of benzene rings is 1. The van der Waals surface area contributed by atoms with Crippen molar-refractivity contribution in [2.24, 2.45) is 0 Å². The molecule has 0 aliphatic heterocycles. The fourth-order valence-electron chi connectivity index (χ4n) is 2.35. The number of carbonyl (C=O) groups excluding carboxylic acids is 2. The molecule has 4 heteroatoms. The summed E-state index contributed by atoms with van der Waals surface area (Å²) in [6, 6.07) is 0. The van der Waals surface area contributed by atoms with Gasteiger partial charge in [-0.1, -0.05) is 12.2 Å². The molecule has 0 spiro atoms. The van der Waals surface area contributed by atoms with Crippen LogP contribution in [0.3, 0.4) is 0 Å². The fourth-order valence-corrected chi connectivity index (χ4v) is 2.35. The van der Waals surface area contributed by atoms with Crippen LogP contribution in [0.15, 0.2) is 37.5 Å². The van der Waals surface area contributed by atoms with Crippen LogP contribution in [0.25, 0.3) is 0 Å². The Bertz CT molecular complexity index is 609. The van der Waals surface area contributed by atoms with Gasteiger partial charge >= 0.3 is 0 Å². The molecule has 2 rings (SSSR count). The van der Waals surface area contributed by atoms with E-state index in [0.717, 1.165) is 12.2 Å². The van der Waals surface area contributed by atoms with Crippen molar-refractivity contribution < 1.29 is 19.8 Å². The van der Waals surface area contributed by atoms with Crippen LogP contribution in [-0.2, 0) is 12.8 Å². The molecule has 1 aromatic rings. The second-order valence-corrected chi connectivity index (χ2v) is 4.45. The Labute approximate surface area is 116 Å². The lowest BCUT2D eigenvalue weighted by atomic mass is 9.86. The Kier molecular flexibility index (Phi) is 3.57.